The molecule has 0 spiro atoms. The number of hydrogen-bond acceptors (Lipinski definition) is 5. The topological polar surface area (TPSA) is 71.3 Å². The summed E-state index contributed by atoms with van der Waals surface area (Å²) in [5.74, 6) is 1.29. The van der Waals surface area contributed by atoms with Gasteiger partial charge in [0.15, 0.2) is 0 Å². The molecule has 1 saturated heterocycles. The van der Waals surface area contributed by atoms with Crippen molar-refractivity contribution in [1.82, 2.24) is 4.98 Å². The van der Waals surface area contributed by atoms with Crippen molar-refractivity contribution in [3.8, 4) is 0 Å². The van der Waals surface area contributed by atoms with Gasteiger partial charge in [0, 0.05) is 18.6 Å². The molecule has 6 heteroatoms. The third kappa shape index (κ3) is 2.84. The molecule has 0 bridgehead atoms. The molecule has 2 heterocycles. The van der Waals surface area contributed by atoms with Gasteiger partial charge in [-0.15, -0.1) is 0 Å². The van der Waals surface area contributed by atoms with Crippen LogP contribution in [0, 0.1) is 10.1 Å². The largest absolute Gasteiger partial charge is 0.370 e. The Kier molecular flexibility index (Phi) is 4.42. The second-order valence-corrected chi connectivity index (χ2v) is 5.25. The van der Waals surface area contributed by atoms with Crippen LogP contribution in [-0.4, -0.2) is 28.5 Å². The summed E-state index contributed by atoms with van der Waals surface area (Å²) in [5.41, 5.74) is 0.0971. The highest BCUT2D eigenvalue weighted by Crippen LogP contribution is 2.33. The van der Waals surface area contributed by atoms with Gasteiger partial charge in [0.05, 0.1) is 17.1 Å². The van der Waals surface area contributed by atoms with E-state index in [2.05, 4.69) is 29.0 Å². The Morgan fingerprint density at radius 1 is 1.45 bits per heavy atom. The molecule has 2 rings (SSSR count). The zero-order valence-electron chi connectivity index (χ0n) is 12.3. The fourth-order valence-electron chi connectivity index (χ4n) is 2.90. The summed E-state index contributed by atoms with van der Waals surface area (Å²) in [4.78, 5) is 17.5. The van der Waals surface area contributed by atoms with Gasteiger partial charge in [0.25, 0.3) is 5.69 Å². The third-order valence-corrected chi connectivity index (χ3v) is 3.89. The molecule has 20 heavy (non-hydrogen) atoms. The Morgan fingerprint density at radius 2 is 2.20 bits per heavy atom. The van der Waals surface area contributed by atoms with E-state index in [0.717, 1.165) is 19.3 Å². The zero-order chi connectivity index (χ0) is 14.7. The Morgan fingerprint density at radius 3 is 2.80 bits per heavy atom. The van der Waals surface area contributed by atoms with Crippen LogP contribution < -0.4 is 10.2 Å². The van der Waals surface area contributed by atoms with Crippen LogP contribution in [0.4, 0.5) is 17.3 Å². The van der Waals surface area contributed by atoms with Crippen LogP contribution in [0.15, 0.2) is 12.1 Å². The average Bonchev–Trinajstić information content (AvgIpc) is 2.79. The molecule has 0 saturated carbocycles. The molecular formula is C14H22N4O2. The van der Waals surface area contributed by atoms with Crippen molar-refractivity contribution in [3.05, 3.63) is 22.2 Å². The maximum atomic E-state index is 11.1. The third-order valence-electron chi connectivity index (χ3n) is 3.89. The van der Waals surface area contributed by atoms with Crippen molar-refractivity contribution >= 4 is 17.3 Å². The van der Waals surface area contributed by atoms with E-state index in [-0.39, 0.29) is 10.6 Å². The highest BCUT2D eigenvalue weighted by molar-refractivity contribution is 5.57. The van der Waals surface area contributed by atoms with Crippen molar-refractivity contribution in [2.75, 3.05) is 16.8 Å². The molecule has 2 atom stereocenters. The number of aromatic nitrogens is 1. The molecule has 1 fully saturated rings. The van der Waals surface area contributed by atoms with E-state index in [1.165, 1.54) is 6.07 Å². The molecule has 1 aliphatic rings. The molecule has 0 aromatic carbocycles. The van der Waals surface area contributed by atoms with E-state index >= 15 is 0 Å². The summed E-state index contributed by atoms with van der Waals surface area (Å²) in [5, 5.41) is 14.2. The number of rotatable bonds is 5. The predicted molar refractivity (Wildman–Crippen MR) is 80.3 cm³/mol. The Hall–Kier alpha value is -1.85. The van der Waals surface area contributed by atoms with E-state index in [0.29, 0.717) is 30.3 Å². The van der Waals surface area contributed by atoms with E-state index in [1.54, 1.807) is 6.07 Å². The van der Waals surface area contributed by atoms with Crippen molar-refractivity contribution in [2.45, 2.75) is 52.1 Å². The first-order valence-corrected chi connectivity index (χ1v) is 7.25. The standard InChI is InChI=1S/C14H22N4O2/c1-4-11-7-6-10(3)17(11)14-9-12(18(19)20)8-13(16-14)15-5-2/h8-11H,4-7H2,1-3H3,(H,15,16). The lowest BCUT2D eigenvalue weighted by Gasteiger charge is -2.29. The van der Waals surface area contributed by atoms with Gasteiger partial charge in [0.1, 0.15) is 11.6 Å². The summed E-state index contributed by atoms with van der Waals surface area (Å²) >= 11 is 0. The maximum Gasteiger partial charge on any atom is 0.276 e. The summed E-state index contributed by atoms with van der Waals surface area (Å²) < 4.78 is 0. The fraction of sp³-hybridized carbons (Fsp3) is 0.643. The highest BCUT2D eigenvalue weighted by Gasteiger charge is 2.31. The van der Waals surface area contributed by atoms with Gasteiger partial charge in [-0.05, 0) is 33.1 Å². The Balaban J connectivity index is 2.41. The van der Waals surface area contributed by atoms with Gasteiger partial charge in [-0.2, -0.15) is 0 Å². The molecule has 110 valence electrons. The molecule has 6 nitrogen and oxygen atoms in total. The van der Waals surface area contributed by atoms with Crippen LogP contribution >= 0.6 is 0 Å². The van der Waals surface area contributed by atoms with Gasteiger partial charge < -0.3 is 10.2 Å². The molecule has 1 N–H and O–H groups in total. The number of pyridine rings is 1. The van der Waals surface area contributed by atoms with Crippen LogP contribution in [0.3, 0.4) is 0 Å². The number of nitro groups is 1. The summed E-state index contributed by atoms with van der Waals surface area (Å²) in [7, 11) is 0. The molecule has 0 aliphatic carbocycles. The van der Waals surface area contributed by atoms with Crippen LogP contribution in [0.5, 0.6) is 0 Å². The minimum atomic E-state index is -0.353. The van der Waals surface area contributed by atoms with Crippen LogP contribution in [0.25, 0.3) is 0 Å². The van der Waals surface area contributed by atoms with Gasteiger partial charge >= 0.3 is 0 Å². The fourth-order valence-corrected chi connectivity index (χ4v) is 2.90. The first-order valence-electron chi connectivity index (χ1n) is 7.25. The monoisotopic (exact) mass is 278 g/mol. The molecule has 1 aliphatic heterocycles. The Labute approximate surface area is 119 Å². The molecule has 0 amide bonds. The van der Waals surface area contributed by atoms with Gasteiger partial charge in [-0.1, -0.05) is 6.92 Å². The summed E-state index contributed by atoms with van der Waals surface area (Å²) in [6, 6.07) is 3.89. The van der Waals surface area contributed by atoms with Crippen molar-refractivity contribution in [1.29, 1.82) is 0 Å². The quantitative estimate of drug-likeness (QED) is 0.661. The normalized spacial score (nSPS) is 22.1. The van der Waals surface area contributed by atoms with Gasteiger partial charge in [-0.25, -0.2) is 4.98 Å². The van der Waals surface area contributed by atoms with Gasteiger partial charge in [0.2, 0.25) is 0 Å². The van der Waals surface area contributed by atoms with Crippen molar-refractivity contribution < 1.29 is 4.92 Å². The molecule has 1 aromatic rings. The SMILES string of the molecule is CCNc1cc([N+](=O)[O-])cc(N2C(C)CCC2CC)n1. The lowest BCUT2D eigenvalue weighted by Crippen LogP contribution is -2.34. The second kappa shape index (κ2) is 6.07. The maximum absolute atomic E-state index is 11.1. The van der Waals surface area contributed by atoms with Crippen LogP contribution in [0.1, 0.15) is 40.0 Å². The minimum Gasteiger partial charge on any atom is -0.370 e. The average molecular weight is 278 g/mol. The smallest absolute Gasteiger partial charge is 0.276 e. The number of nitrogens with one attached hydrogen (secondary N) is 1. The Bertz CT molecular complexity index is 492. The zero-order valence-corrected chi connectivity index (χ0v) is 12.3. The number of nitrogens with zero attached hydrogens (tertiary/aromatic N) is 3. The molecular weight excluding hydrogens is 256 g/mol. The molecule has 2 unspecified atom stereocenters. The van der Waals surface area contributed by atoms with Crippen molar-refractivity contribution in [2.24, 2.45) is 0 Å². The van der Waals surface area contributed by atoms with Gasteiger partial charge in [-0.3, -0.25) is 10.1 Å². The van der Waals surface area contributed by atoms with E-state index in [4.69, 9.17) is 0 Å². The predicted octanol–water partition coefficient (Wildman–Crippen LogP) is 3.19. The first kappa shape index (κ1) is 14.6. The lowest BCUT2D eigenvalue weighted by molar-refractivity contribution is -0.384. The number of anilines is 2. The molecule has 0 radical (unpaired) electrons. The number of hydrogen-bond donors (Lipinski definition) is 1. The van der Waals surface area contributed by atoms with E-state index in [9.17, 15) is 10.1 Å². The minimum absolute atomic E-state index is 0.0971. The molecule has 1 aromatic heterocycles. The lowest BCUT2D eigenvalue weighted by atomic mass is 10.1. The van der Waals surface area contributed by atoms with Crippen LogP contribution in [-0.2, 0) is 0 Å². The summed E-state index contributed by atoms with van der Waals surface area (Å²) in [6.45, 7) is 6.95. The second-order valence-electron chi connectivity index (χ2n) is 5.25. The summed E-state index contributed by atoms with van der Waals surface area (Å²) in [6.07, 6.45) is 3.27. The first-order chi connectivity index (χ1) is 9.56. The van der Waals surface area contributed by atoms with Crippen LogP contribution in [0.2, 0.25) is 0 Å². The highest BCUT2D eigenvalue weighted by atomic mass is 16.6. The van der Waals surface area contributed by atoms with E-state index in [1.807, 2.05) is 6.92 Å². The van der Waals surface area contributed by atoms with Crippen molar-refractivity contribution in [3.63, 3.8) is 0 Å². The van der Waals surface area contributed by atoms with E-state index < -0.39 is 0 Å².